The van der Waals surface area contributed by atoms with Gasteiger partial charge in [0.05, 0.1) is 17.8 Å². The Balaban J connectivity index is 1.85. The number of carbonyl (C=O) groups excluding carboxylic acids is 2. The SMILES string of the molecule is CCOC(=O)C1=C(C)N(c2ccc(Cl)cc2)C(=O)/C1=C\c1cc(C)n(-c2cccc(Cl)c2)c1C. The fraction of sp³-hybridized carbons (Fsp3) is 0.185. The molecule has 34 heavy (non-hydrogen) atoms. The minimum Gasteiger partial charge on any atom is -0.462 e. The number of hydrogen-bond donors (Lipinski definition) is 0. The maximum absolute atomic E-state index is 13.6. The molecule has 0 fully saturated rings. The molecule has 0 atom stereocenters. The van der Waals surface area contributed by atoms with Crippen molar-refractivity contribution in [3.8, 4) is 5.69 Å². The summed E-state index contributed by atoms with van der Waals surface area (Å²) in [7, 11) is 0. The Hall–Kier alpha value is -3.28. The largest absolute Gasteiger partial charge is 0.462 e. The van der Waals surface area contributed by atoms with E-state index in [0.717, 1.165) is 22.6 Å². The molecular weight excluding hydrogens is 471 g/mol. The van der Waals surface area contributed by atoms with E-state index in [-0.39, 0.29) is 23.7 Å². The Labute approximate surface area is 208 Å². The predicted molar refractivity (Wildman–Crippen MR) is 137 cm³/mol. The van der Waals surface area contributed by atoms with Crippen molar-refractivity contribution in [2.75, 3.05) is 11.5 Å². The van der Waals surface area contributed by atoms with E-state index in [1.54, 1.807) is 44.2 Å². The summed E-state index contributed by atoms with van der Waals surface area (Å²) in [4.78, 5) is 28.0. The molecule has 4 rings (SSSR count). The van der Waals surface area contributed by atoms with Crippen LogP contribution in [0.15, 0.2) is 71.4 Å². The molecule has 1 amide bonds. The second-order valence-electron chi connectivity index (χ2n) is 8.00. The summed E-state index contributed by atoms with van der Waals surface area (Å²) in [6, 6.07) is 16.5. The van der Waals surface area contributed by atoms with Gasteiger partial charge in [-0.3, -0.25) is 9.69 Å². The average molecular weight is 495 g/mol. The summed E-state index contributed by atoms with van der Waals surface area (Å²) in [6.45, 7) is 7.65. The van der Waals surface area contributed by atoms with E-state index in [2.05, 4.69) is 4.57 Å². The molecule has 0 radical (unpaired) electrons. The number of aromatic nitrogens is 1. The number of anilines is 1. The lowest BCUT2D eigenvalue weighted by atomic mass is 10.0. The molecule has 174 valence electrons. The van der Waals surface area contributed by atoms with Gasteiger partial charge >= 0.3 is 5.97 Å². The van der Waals surface area contributed by atoms with Crippen LogP contribution in [0.3, 0.4) is 0 Å². The van der Waals surface area contributed by atoms with Gasteiger partial charge in [0.25, 0.3) is 5.91 Å². The molecule has 0 aliphatic carbocycles. The Bertz CT molecular complexity index is 1350. The van der Waals surface area contributed by atoms with E-state index in [1.165, 1.54) is 4.90 Å². The van der Waals surface area contributed by atoms with Gasteiger partial charge in [-0.2, -0.15) is 0 Å². The molecule has 5 nitrogen and oxygen atoms in total. The minimum absolute atomic E-state index is 0.210. The summed E-state index contributed by atoms with van der Waals surface area (Å²) in [5.41, 5.74) is 5.34. The van der Waals surface area contributed by atoms with E-state index in [4.69, 9.17) is 27.9 Å². The summed E-state index contributed by atoms with van der Waals surface area (Å²) < 4.78 is 7.36. The number of ether oxygens (including phenoxy) is 1. The third-order valence-electron chi connectivity index (χ3n) is 5.80. The number of rotatable bonds is 5. The van der Waals surface area contributed by atoms with Crippen molar-refractivity contribution in [1.82, 2.24) is 4.57 Å². The first-order valence-electron chi connectivity index (χ1n) is 10.9. The maximum atomic E-state index is 13.6. The first kappa shape index (κ1) is 23.9. The number of hydrogen-bond acceptors (Lipinski definition) is 3. The molecule has 0 spiro atoms. The lowest BCUT2D eigenvalue weighted by Gasteiger charge is -2.18. The van der Waals surface area contributed by atoms with Crippen LogP contribution in [0.25, 0.3) is 11.8 Å². The smallest absolute Gasteiger partial charge is 0.340 e. The zero-order valence-corrected chi connectivity index (χ0v) is 20.9. The molecule has 1 aliphatic heterocycles. The third kappa shape index (κ3) is 4.29. The highest BCUT2D eigenvalue weighted by atomic mass is 35.5. The number of esters is 1. The van der Waals surface area contributed by atoms with Crippen LogP contribution < -0.4 is 4.90 Å². The number of halogens is 2. The Morgan fingerprint density at radius 3 is 2.32 bits per heavy atom. The number of benzene rings is 2. The quantitative estimate of drug-likeness (QED) is 0.294. The number of amides is 1. The summed E-state index contributed by atoms with van der Waals surface area (Å²) in [5, 5.41) is 1.20. The summed E-state index contributed by atoms with van der Waals surface area (Å²) >= 11 is 12.2. The average Bonchev–Trinajstić information content (AvgIpc) is 3.20. The minimum atomic E-state index is -0.528. The van der Waals surface area contributed by atoms with Crippen LogP contribution in [-0.2, 0) is 14.3 Å². The topological polar surface area (TPSA) is 51.5 Å². The fourth-order valence-electron chi connectivity index (χ4n) is 4.28. The van der Waals surface area contributed by atoms with Crippen LogP contribution in [0.2, 0.25) is 10.0 Å². The summed E-state index contributed by atoms with van der Waals surface area (Å²) in [6.07, 6.45) is 1.76. The van der Waals surface area contributed by atoms with E-state index < -0.39 is 5.97 Å². The highest BCUT2D eigenvalue weighted by Gasteiger charge is 2.38. The fourth-order valence-corrected chi connectivity index (χ4v) is 4.59. The zero-order valence-electron chi connectivity index (χ0n) is 19.4. The molecule has 1 aliphatic rings. The van der Waals surface area contributed by atoms with Crippen molar-refractivity contribution in [2.24, 2.45) is 0 Å². The van der Waals surface area contributed by atoms with Gasteiger partial charge in [-0.25, -0.2) is 4.79 Å². The predicted octanol–water partition coefficient (Wildman–Crippen LogP) is 6.67. The molecular formula is C27H24Cl2N2O3. The Kier molecular flexibility index (Phi) is 6.69. The van der Waals surface area contributed by atoms with E-state index in [0.29, 0.717) is 21.4 Å². The van der Waals surface area contributed by atoms with Crippen molar-refractivity contribution in [2.45, 2.75) is 27.7 Å². The van der Waals surface area contributed by atoms with Gasteiger partial charge in [-0.1, -0.05) is 29.3 Å². The number of allylic oxidation sites excluding steroid dienone is 1. The van der Waals surface area contributed by atoms with Crippen LogP contribution in [0, 0.1) is 13.8 Å². The maximum Gasteiger partial charge on any atom is 0.340 e. The number of aryl methyl sites for hydroxylation is 1. The van der Waals surface area contributed by atoms with Crippen LogP contribution in [0.4, 0.5) is 5.69 Å². The second kappa shape index (κ2) is 9.53. The van der Waals surface area contributed by atoms with Gasteiger partial charge in [-0.05, 0) is 87.9 Å². The molecule has 0 saturated heterocycles. The highest BCUT2D eigenvalue weighted by Crippen LogP contribution is 2.36. The van der Waals surface area contributed by atoms with Crippen molar-refractivity contribution in [3.63, 3.8) is 0 Å². The van der Waals surface area contributed by atoms with E-state index >= 15 is 0 Å². The molecule has 2 heterocycles. The van der Waals surface area contributed by atoms with E-state index in [9.17, 15) is 9.59 Å². The Morgan fingerprint density at radius 2 is 1.68 bits per heavy atom. The van der Waals surface area contributed by atoms with Crippen LogP contribution >= 0.6 is 23.2 Å². The van der Waals surface area contributed by atoms with Gasteiger partial charge in [0.1, 0.15) is 0 Å². The first-order chi connectivity index (χ1) is 16.2. The molecule has 0 N–H and O–H groups in total. The highest BCUT2D eigenvalue weighted by molar-refractivity contribution is 6.31. The molecule has 7 heteroatoms. The van der Waals surface area contributed by atoms with Crippen LogP contribution in [0.5, 0.6) is 0 Å². The molecule has 0 unspecified atom stereocenters. The molecule has 1 aromatic heterocycles. The third-order valence-corrected chi connectivity index (χ3v) is 6.29. The van der Waals surface area contributed by atoms with Gasteiger partial charge in [-0.15, -0.1) is 0 Å². The van der Waals surface area contributed by atoms with Crippen molar-refractivity contribution < 1.29 is 14.3 Å². The van der Waals surface area contributed by atoms with Crippen LogP contribution in [-0.4, -0.2) is 23.1 Å². The standard InChI is InChI=1S/C27H24Cl2N2O3/c1-5-34-27(33)25-18(4)31(22-11-9-20(28)10-12-22)26(32)24(25)14-19-13-16(2)30(17(19)3)23-8-6-7-21(29)15-23/h6-15H,5H2,1-4H3/b24-14-. The Morgan fingerprint density at radius 1 is 0.971 bits per heavy atom. The van der Waals surface area contributed by atoms with Gasteiger partial charge in [0.15, 0.2) is 0 Å². The molecule has 2 aromatic carbocycles. The first-order valence-corrected chi connectivity index (χ1v) is 11.6. The van der Waals surface area contributed by atoms with E-state index in [1.807, 2.05) is 44.2 Å². The van der Waals surface area contributed by atoms with Crippen molar-refractivity contribution >= 4 is 46.8 Å². The zero-order chi connectivity index (χ0) is 24.6. The lowest BCUT2D eigenvalue weighted by Crippen LogP contribution is -2.24. The number of nitrogens with zero attached hydrogens (tertiary/aromatic N) is 2. The normalized spacial score (nSPS) is 14.9. The lowest BCUT2D eigenvalue weighted by molar-refractivity contribution is -0.138. The molecule has 0 bridgehead atoms. The van der Waals surface area contributed by atoms with Gasteiger partial charge in [0.2, 0.25) is 0 Å². The monoisotopic (exact) mass is 494 g/mol. The number of carbonyl (C=O) groups is 2. The molecule has 3 aromatic rings. The van der Waals surface area contributed by atoms with Crippen molar-refractivity contribution in [1.29, 1.82) is 0 Å². The van der Waals surface area contributed by atoms with Gasteiger partial charge < -0.3 is 9.30 Å². The van der Waals surface area contributed by atoms with Gasteiger partial charge in [0, 0.05) is 38.5 Å². The second-order valence-corrected chi connectivity index (χ2v) is 8.87. The summed E-state index contributed by atoms with van der Waals surface area (Å²) in [5.74, 6) is -0.824. The molecule has 0 saturated carbocycles. The van der Waals surface area contributed by atoms with Crippen LogP contribution in [0.1, 0.15) is 30.8 Å². The van der Waals surface area contributed by atoms with Crippen molar-refractivity contribution in [3.05, 3.63) is 98.4 Å².